The van der Waals surface area contributed by atoms with Crippen LogP contribution < -0.4 is 4.74 Å². The van der Waals surface area contributed by atoms with Gasteiger partial charge in [-0.1, -0.05) is 23.7 Å². The van der Waals surface area contributed by atoms with Gasteiger partial charge in [0.2, 0.25) is 0 Å². The van der Waals surface area contributed by atoms with Gasteiger partial charge in [0.1, 0.15) is 0 Å². The van der Waals surface area contributed by atoms with Crippen molar-refractivity contribution < 1.29 is 9.13 Å². The molecule has 0 aliphatic heterocycles. The Labute approximate surface area is 162 Å². The van der Waals surface area contributed by atoms with E-state index in [2.05, 4.69) is 9.97 Å². The standard InChI is InChI=1S/C19H12ClFN2OS2/c1-24-17-7-4-12(8-14(17)21)16-10-26-19(23-16)18-22-15(9-25-18)11-2-5-13(20)6-3-11/h2-10H,1H3. The second kappa shape index (κ2) is 7.15. The van der Waals surface area contributed by atoms with Gasteiger partial charge < -0.3 is 4.74 Å². The summed E-state index contributed by atoms with van der Waals surface area (Å²) >= 11 is 8.95. The van der Waals surface area contributed by atoms with Gasteiger partial charge >= 0.3 is 0 Å². The fourth-order valence-corrected chi connectivity index (χ4v) is 4.29. The van der Waals surface area contributed by atoms with Crippen molar-refractivity contribution in [2.24, 2.45) is 0 Å². The molecule has 0 fully saturated rings. The van der Waals surface area contributed by atoms with E-state index in [0.717, 1.165) is 27.0 Å². The van der Waals surface area contributed by atoms with Crippen molar-refractivity contribution >= 4 is 34.3 Å². The molecule has 0 unspecified atom stereocenters. The molecule has 0 atom stereocenters. The Morgan fingerprint density at radius 2 is 1.46 bits per heavy atom. The maximum absolute atomic E-state index is 13.9. The molecule has 0 aliphatic rings. The van der Waals surface area contributed by atoms with Crippen LogP contribution in [0.2, 0.25) is 5.02 Å². The van der Waals surface area contributed by atoms with Gasteiger partial charge in [0.15, 0.2) is 21.6 Å². The van der Waals surface area contributed by atoms with E-state index < -0.39 is 5.82 Å². The summed E-state index contributed by atoms with van der Waals surface area (Å²) in [6, 6.07) is 12.4. The van der Waals surface area contributed by atoms with Gasteiger partial charge in [0.25, 0.3) is 0 Å². The number of nitrogens with zero attached hydrogens (tertiary/aromatic N) is 2. The summed E-state index contributed by atoms with van der Waals surface area (Å²) in [7, 11) is 1.44. The molecule has 2 aromatic carbocycles. The Balaban J connectivity index is 1.62. The number of hydrogen-bond donors (Lipinski definition) is 0. The summed E-state index contributed by atoms with van der Waals surface area (Å²) in [5.74, 6) is -0.185. The van der Waals surface area contributed by atoms with Crippen LogP contribution in [0.1, 0.15) is 0 Å². The Hall–Kier alpha value is -2.28. The second-order valence-electron chi connectivity index (χ2n) is 5.43. The number of thiazole rings is 2. The zero-order valence-electron chi connectivity index (χ0n) is 13.6. The van der Waals surface area contributed by atoms with Crippen LogP contribution in [0.3, 0.4) is 0 Å². The SMILES string of the molecule is COc1ccc(-c2csc(-c3nc(-c4ccc(Cl)cc4)cs3)n2)cc1F. The second-order valence-corrected chi connectivity index (χ2v) is 7.58. The molecule has 26 heavy (non-hydrogen) atoms. The molecule has 7 heteroatoms. The minimum absolute atomic E-state index is 0.219. The molecular weight excluding hydrogens is 391 g/mol. The molecule has 4 rings (SSSR count). The number of aromatic nitrogens is 2. The first-order valence-corrected chi connectivity index (χ1v) is 9.79. The first-order valence-electron chi connectivity index (χ1n) is 7.65. The highest BCUT2D eigenvalue weighted by Gasteiger charge is 2.13. The third-order valence-corrected chi connectivity index (χ3v) is 5.86. The Bertz CT molecular complexity index is 1060. The number of ether oxygens (including phenoxy) is 1. The Morgan fingerprint density at radius 1 is 0.885 bits per heavy atom. The highest BCUT2D eigenvalue weighted by Crippen LogP contribution is 2.34. The van der Waals surface area contributed by atoms with E-state index in [0.29, 0.717) is 10.6 Å². The van der Waals surface area contributed by atoms with Crippen LogP contribution >= 0.6 is 34.3 Å². The normalized spacial score (nSPS) is 10.9. The molecule has 0 bridgehead atoms. The average Bonchev–Trinajstić information content (AvgIpc) is 3.32. The van der Waals surface area contributed by atoms with E-state index in [9.17, 15) is 4.39 Å². The van der Waals surface area contributed by atoms with Gasteiger partial charge in [-0.3, -0.25) is 0 Å². The van der Waals surface area contributed by atoms with Gasteiger partial charge in [-0.25, -0.2) is 14.4 Å². The summed E-state index contributed by atoms with van der Waals surface area (Å²) in [5, 5.41) is 6.23. The molecule has 2 heterocycles. The van der Waals surface area contributed by atoms with Crippen LogP contribution in [-0.2, 0) is 0 Å². The average molecular weight is 403 g/mol. The van der Waals surface area contributed by atoms with Gasteiger partial charge in [0.05, 0.1) is 18.5 Å². The van der Waals surface area contributed by atoms with Crippen molar-refractivity contribution in [3.8, 4) is 38.3 Å². The van der Waals surface area contributed by atoms with Crippen molar-refractivity contribution in [2.75, 3.05) is 7.11 Å². The van der Waals surface area contributed by atoms with E-state index >= 15 is 0 Å². The van der Waals surface area contributed by atoms with Gasteiger partial charge in [0, 0.05) is 26.9 Å². The number of halogens is 2. The maximum Gasteiger partial charge on any atom is 0.165 e. The summed E-state index contributed by atoms with van der Waals surface area (Å²) in [4.78, 5) is 9.27. The summed E-state index contributed by atoms with van der Waals surface area (Å²) in [6.45, 7) is 0. The van der Waals surface area contributed by atoms with E-state index in [1.54, 1.807) is 12.1 Å². The fraction of sp³-hybridized carbons (Fsp3) is 0.0526. The molecule has 0 amide bonds. The fourth-order valence-electron chi connectivity index (χ4n) is 2.46. The van der Waals surface area contributed by atoms with Crippen molar-refractivity contribution in [3.05, 3.63) is 64.1 Å². The number of rotatable bonds is 4. The van der Waals surface area contributed by atoms with Crippen molar-refractivity contribution in [2.45, 2.75) is 0 Å². The molecule has 4 aromatic rings. The molecule has 130 valence electrons. The third-order valence-electron chi connectivity index (χ3n) is 3.78. The van der Waals surface area contributed by atoms with Crippen LogP contribution in [0.4, 0.5) is 4.39 Å². The smallest absolute Gasteiger partial charge is 0.165 e. The quantitative estimate of drug-likeness (QED) is 0.396. The van der Waals surface area contributed by atoms with E-state index in [4.69, 9.17) is 16.3 Å². The lowest BCUT2D eigenvalue weighted by Crippen LogP contribution is -1.88. The van der Waals surface area contributed by atoms with E-state index in [1.807, 2.05) is 35.0 Å². The maximum atomic E-state index is 13.9. The van der Waals surface area contributed by atoms with Crippen LogP contribution in [0.5, 0.6) is 5.75 Å². The van der Waals surface area contributed by atoms with Crippen LogP contribution in [0, 0.1) is 5.82 Å². The van der Waals surface area contributed by atoms with E-state index in [1.165, 1.54) is 35.8 Å². The van der Waals surface area contributed by atoms with Crippen LogP contribution in [-0.4, -0.2) is 17.1 Å². The van der Waals surface area contributed by atoms with E-state index in [-0.39, 0.29) is 5.75 Å². The van der Waals surface area contributed by atoms with Gasteiger partial charge in [-0.15, -0.1) is 22.7 Å². The lowest BCUT2D eigenvalue weighted by atomic mass is 10.1. The molecule has 0 spiro atoms. The first-order chi connectivity index (χ1) is 12.6. The molecule has 0 aliphatic carbocycles. The molecule has 0 N–H and O–H groups in total. The topological polar surface area (TPSA) is 35.0 Å². The predicted molar refractivity (Wildman–Crippen MR) is 106 cm³/mol. The lowest BCUT2D eigenvalue weighted by molar-refractivity contribution is 0.386. The minimum Gasteiger partial charge on any atom is -0.494 e. The largest absolute Gasteiger partial charge is 0.494 e. The molecule has 0 saturated heterocycles. The zero-order valence-corrected chi connectivity index (χ0v) is 16.0. The highest BCUT2D eigenvalue weighted by atomic mass is 35.5. The minimum atomic E-state index is -0.404. The molecular formula is C19H12ClFN2OS2. The lowest BCUT2D eigenvalue weighted by Gasteiger charge is -2.02. The van der Waals surface area contributed by atoms with Crippen LogP contribution in [0.25, 0.3) is 32.5 Å². The van der Waals surface area contributed by atoms with Gasteiger partial charge in [-0.2, -0.15) is 0 Å². The summed E-state index contributed by atoms with van der Waals surface area (Å²) < 4.78 is 18.9. The number of methoxy groups -OCH3 is 1. The predicted octanol–water partition coefficient (Wildman–Crippen LogP) is 6.40. The van der Waals surface area contributed by atoms with Gasteiger partial charge in [-0.05, 0) is 30.3 Å². The van der Waals surface area contributed by atoms with Crippen molar-refractivity contribution in [3.63, 3.8) is 0 Å². The summed E-state index contributed by atoms with van der Waals surface area (Å²) in [6.07, 6.45) is 0. The van der Waals surface area contributed by atoms with Crippen LogP contribution in [0.15, 0.2) is 53.2 Å². The highest BCUT2D eigenvalue weighted by molar-refractivity contribution is 7.20. The monoisotopic (exact) mass is 402 g/mol. The molecule has 0 saturated carbocycles. The molecule has 0 radical (unpaired) electrons. The van der Waals surface area contributed by atoms with Crippen molar-refractivity contribution in [1.82, 2.24) is 9.97 Å². The number of hydrogen-bond acceptors (Lipinski definition) is 5. The molecule has 3 nitrogen and oxygen atoms in total. The third kappa shape index (κ3) is 3.35. The van der Waals surface area contributed by atoms with Crippen molar-refractivity contribution in [1.29, 1.82) is 0 Å². The number of benzene rings is 2. The zero-order chi connectivity index (χ0) is 18.1. The Morgan fingerprint density at radius 3 is 2.04 bits per heavy atom. The first kappa shape index (κ1) is 17.1. The Kier molecular flexibility index (Phi) is 4.72. The molecule has 2 aromatic heterocycles. The summed E-state index contributed by atoms with van der Waals surface area (Å²) in [5.41, 5.74) is 3.31.